The van der Waals surface area contributed by atoms with E-state index in [1.807, 2.05) is 12.1 Å². The molecule has 3 aromatic rings. The Labute approximate surface area is 170 Å². The molecule has 1 N–H and O–H groups in total. The molecule has 0 saturated heterocycles. The van der Waals surface area contributed by atoms with Gasteiger partial charge in [0.25, 0.3) is 15.9 Å². The highest BCUT2D eigenvalue weighted by molar-refractivity contribution is 9.10. The average molecular weight is 465 g/mol. The standard InChI is InChI=1S/C19H17BrN2O3S2/c1-22(27(24,25)16-7-2-13(20)3-8-16)15-6-9-17-12(10-15)11-18(26-17)19(23)21-14-4-5-14/h2-3,6-11,14H,4-5H2,1H3,(H,21,23). The van der Waals surface area contributed by atoms with E-state index in [9.17, 15) is 13.2 Å². The van der Waals surface area contributed by atoms with Crippen molar-refractivity contribution < 1.29 is 13.2 Å². The molecule has 0 radical (unpaired) electrons. The lowest BCUT2D eigenvalue weighted by Crippen LogP contribution is -2.26. The van der Waals surface area contributed by atoms with E-state index in [1.54, 1.807) is 36.4 Å². The number of sulfonamides is 1. The molecule has 1 fully saturated rings. The Hall–Kier alpha value is -1.90. The number of rotatable bonds is 5. The lowest BCUT2D eigenvalue weighted by Gasteiger charge is -2.19. The van der Waals surface area contributed by atoms with Crippen molar-refractivity contribution in [2.24, 2.45) is 0 Å². The highest BCUT2D eigenvalue weighted by atomic mass is 79.9. The minimum Gasteiger partial charge on any atom is -0.349 e. The van der Waals surface area contributed by atoms with Crippen LogP contribution in [0.4, 0.5) is 5.69 Å². The zero-order valence-corrected chi connectivity index (χ0v) is 17.7. The molecule has 0 spiro atoms. The van der Waals surface area contributed by atoms with Crippen molar-refractivity contribution in [3.8, 4) is 0 Å². The van der Waals surface area contributed by atoms with E-state index in [1.165, 1.54) is 22.7 Å². The van der Waals surface area contributed by atoms with E-state index in [2.05, 4.69) is 21.2 Å². The summed E-state index contributed by atoms with van der Waals surface area (Å²) in [5, 5.41) is 3.84. The summed E-state index contributed by atoms with van der Waals surface area (Å²) in [4.78, 5) is 13.1. The number of carbonyl (C=O) groups is 1. The maximum atomic E-state index is 12.9. The van der Waals surface area contributed by atoms with Gasteiger partial charge in [-0.25, -0.2) is 8.42 Å². The van der Waals surface area contributed by atoms with Crippen molar-refractivity contribution in [2.45, 2.75) is 23.8 Å². The Bertz CT molecular complexity index is 1120. The number of carbonyl (C=O) groups excluding carboxylic acids is 1. The first-order valence-electron chi connectivity index (χ1n) is 8.43. The first kappa shape index (κ1) is 18.5. The molecule has 1 heterocycles. The first-order chi connectivity index (χ1) is 12.8. The van der Waals surface area contributed by atoms with E-state index in [4.69, 9.17) is 0 Å². The van der Waals surface area contributed by atoms with E-state index in [0.29, 0.717) is 16.6 Å². The lowest BCUT2D eigenvalue weighted by atomic mass is 10.2. The van der Waals surface area contributed by atoms with Crippen LogP contribution in [0.2, 0.25) is 0 Å². The zero-order chi connectivity index (χ0) is 19.2. The normalized spacial score (nSPS) is 14.3. The molecule has 0 aliphatic heterocycles. The van der Waals surface area contributed by atoms with E-state index in [-0.39, 0.29) is 10.8 Å². The quantitative estimate of drug-likeness (QED) is 0.608. The van der Waals surface area contributed by atoms with Gasteiger partial charge in [-0.15, -0.1) is 11.3 Å². The second kappa shape index (κ2) is 6.92. The third-order valence-corrected chi connectivity index (χ3v) is 7.92. The number of hydrogen-bond donors (Lipinski definition) is 1. The van der Waals surface area contributed by atoms with Crippen LogP contribution in [0.3, 0.4) is 0 Å². The molecule has 1 saturated carbocycles. The van der Waals surface area contributed by atoms with Gasteiger partial charge in [0.15, 0.2) is 0 Å². The molecule has 0 atom stereocenters. The van der Waals surface area contributed by atoms with Crippen molar-refractivity contribution in [3.05, 3.63) is 57.9 Å². The van der Waals surface area contributed by atoms with Crippen LogP contribution >= 0.6 is 27.3 Å². The van der Waals surface area contributed by atoms with E-state index < -0.39 is 10.0 Å². The summed E-state index contributed by atoms with van der Waals surface area (Å²) in [7, 11) is -2.12. The molecule has 4 rings (SSSR count). The Kier molecular flexibility index (Phi) is 4.73. The summed E-state index contributed by atoms with van der Waals surface area (Å²) in [6, 6.07) is 14.1. The number of hydrogen-bond acceptors (Lipinski definition) is 4. The van der Waals surface area contributed by atoms with Crippen LogP contribution in [0, 0.1) is 0 Å². The lowest BCUT2D eigenvalue weighted by molar-refractivity contribution is 0.0955. The molecule has 2 aromatic carbocycles. The van der Waals surface area contributed by atoms with Crippen LogP contribution < -0.4 is 9.62 Å². The number of nitrogens with one attached hydrogen (secondary N) is 1. The van der Waals surface area contributed by atoms with Crippen molar-refractivity contribution in [3.63, 3.8) is 0 Å². The molecule has 0 unspecified atom stereocenters. The Morgan fingerprint density at radius 3 is 2.52 bits per heavy atom. The van der Waals surface area contributed by atoms with Gasteiger partial charge in [0.05, 0.1) is 15.5 Å². The maximum Gasteiger partial charge on any atom is 0.264 e. The number of amides is 1. The van der Waals surface area contributed by atoms with Crippen LogP contribution in [-0.4, -0.2) is 27.4 Å². The van der Waals surface area contributed by atoms with Gasteiger partial charge in [0, 0.05) is 22.3 Å². The highest BCUT2D eigenvalue weighted by Crippen LogP contribution is 2.32. The molecule has 1 aliphatic rings. The second-order valence-electron chi connectivity index (χ2n) is 6.51. The fourth-order valence-electron chi connectivity index (χ4n) is 2.73. The predicted octanol–water partition coefficient (Wildman–Crippen LogP) is 4.38. The van der Waals surface area contributed by atoms with Gasteiger partial charge in [-0.05, 0) is 66.8 Å². The third kappa shape index (κ3) is 3.74. The molecule has 1 aliphatic carbocycles. The molecule has 5 nitrogen and oxygen atoms in total. The predicted molar refractivity (Wildman–Crippen MR) is 112 cm³/mol. The average Bonchev–Trinajstić information content (AvgIpc) is 3.35. The fraction of sp³-hybridized carbons (Fsp3) is 0.211. The van der Waals surface area contributed by atoms with Crippen molar-refractivity contribution in [1.29, 1.82) is 0 Å². The number of fused-ring (bicyclic) bond motifs is 1. The van der Waals surface area contributed by atoms with Gasteiger partial charge in [0.2, 0.25) is 0 Å². The van der Waals surface area contributed by atoms with Gasteiger partial charge in [-0.3, -0.25) is 9.10 Å². The molecular formula is C19H17BrN2O3S2. The largest absolute Gasteiger partial charge is 0.349 e. The number of thiophene rings is 1. The summed E-state index contributed by atoms with van der Waals surface area (Å²) in [6.07, 6.45) is 2.08. The number of nitrogens with zero attached hydrogens (tertiary/aromatic N) is 1. The van der Waals surface area contributed by atoms with Gasteiger partial charge < -0.3 is 5.32 Å². The molecule has 1 aromatic heterocycles. The minimum atomic E-state index is -3.66. The number of benzene rings is 2. The topological polar surface area (TPSA) is 66.5 Å². The van der Waals surface area contributed by atoms with Crippen LogP contribution in [0.5, 0.6) is 0 Å². The third-order valence-electron chi connectivity index (χ3n) is 4.47. The Balaban J connectivity index is 1.64. The van der Waals surface area contributed by atoms with Crippen molar-refractivity contribution in [1.82, 2.24) is 5.32 Å². The van der Waals surface area contributed by atoms with Crippen LogP contribution in [-0.2, 0) is 10.0 Å². The fourth-order valence-corrected chi connectivity index (χ4v) is 5.12. The van der Waals surface area contributed by atoms with Gasteiger partial charge in [-0.2, -0.15) is 0 Å². The monoisotopic (exact) mass is 464 g/mol. The molecule has 8 heteroatoms. The van der Waals surface area contributed by atoms with E-state index >= 15 is 0 Å². The molecule has 140 valence electrons. The van der Waals surface area contributed by atoms with Crippen LogP contribution in [0.15, 0.2) is 57.9 Å². The number of anilines is 1. The van der Waals surface area contributed by atoms with Gasteiger partial charge >= 0.3 is 0 Å². The summed E-state index contributed by atoms with van der Waals surface area (Å²) in [5.74, 6) is -0.0592. The Morgan fingerprint density at radius 2 is 1.85 bits per heavy atom. The van der Waals surface area contributed by atoms with E-state index in [0.717, 1.165) is 27.4 Å². The molecule has 1 amide bonds. The van der Waals surface area contributed by atoms with Crippen molar-refractivity contribution >= 4 is 59.0 Å². The van der Waals surface area contributed by atoms with Gasteiger partial charge in [-0.1, -0.05) is 15.9 Å². The molecule has 0 bridgehead atoms. The van der Waals surface area contributed by atoms with Crippen LogP contribution in [0.1, 0.15) is 22.5 Å². The molecule has 27 heavy (non-hydrogen) atoms. The second-order valence-corrected chi connectivity index (χ2v) is 10.5. The highest BCUT2D eigenvalue weighted by Gasteiger charge is 2.25. The first-order valence-corrected chi connectivity index (χ1v) is 11.5. The zero-order valence-electron chi connectivity index (χ0n) is 14.5. The van der Waals surface area contributed by atoms with Gasteiger partial charge in [0.1, 0.15) is 0 Å². The summed E-state index contributed by atoms with van der Waals surface area (Å²) in [6.45, 7) is 0. The van der Waals surface area contributed by atoms with Crippen molar-refractivity contribution in [2.75, 3.05) is 11.4 Å². The number of halogens is 1. The molecular weight excluding hydrogens is 448 g/mol. The minimum absolute atomic E-state index is 0.0592. The summed E-state index contributed by atoms with van der Waals surface area (Å²) in [5.41, 5.74) is 0.553. The summed E-state index contributed by atoms with van der Waals surface area (Å²) < 4.78 is 28.8. The maximum absolute atomic E-state index is 12.9. The SMILES string of the molecule is CN(c1ccc2sc(C(=O)NC3CC3)cc2c1)S(=O)(=O)c1ccc(Br)cc1. The summed E-state index contributed by atoms with van der Waals surface area (Å²) >= 11 is 4.73. The smallest absolute Gasteiger partial charge is 0.264 e. The Morgan fingerprint density at radius 1 is 1.15 bits per heavy atom. The van der Waals surface area contributed by atoms with Crippen LogP contribution in [0.25, 0.3) is 10.1 Å².